The van der Waals surface area contributed by atoms with E-state index in [-0.39, 0.29) is 0 Å². The van der Waals surface area contributed by atoms with Crippen LogP contribution in [0.5, 0.6) is 0 Å². The molecule has 0 aromatic carbocycles. The first-order valence-corrected chi connectivity index (χ1v) is 9.04. The van der Waals surface area contributed by atoms with Crippen LogP contribution in [0.2, 0.25) is 0 Å². The maximum atomic E-state index is 3.57. The van der Waals surface area contributed by atoms with Gasteiger partial charge in [-0.05, 0) is 31.7 Å². The normalized spacial score (nSPS) is 29.3. The summed E-state index contributed by atoms with van der Waals surface area (Å²) in [6.07, 6.45) is 2.69. The molecule has 1 rings (SSSR count). The largest absolute Gasteiger partial charge is 0.316 e. The van der Waals surface area contributed by atoms with Gasteiger partial charge in [-0.1, -0.05) is 27.7 Å². The first-order valence-electron chi connectivity index (χ1n) is 6.95. The fraction of sp³-hybridized carbons (Fsp3) is 1.00. The minimum atomic E-state index is 0.691. The highest BCUT2D eigenvalue weighted by Gasteiger charge is 2.30. The predicted octanol–water partition coefficient (Wildman–Crippen LogP) is 3.88. The lowest BCUT2D eigenvalue weighted by atomic mass is 9.91. The van der Waals surface area contributed by atoms with E-state index in [1.807, 2.05) is 0 Å². The quantitative estimate of drug-likeness (QED) is 0.790. The van der Waals surface area contributed by atoms with Gasteiger partial charge in [0.1, 0.15) is 0 Å². The fourth-order valence-electron chi connectivity index (χ4n) is 2.84. The van der Waals surface area contributed by atoms with Crippen molar-refractivity contribution in [3.05, 3.63) is 0 Å². The lowest BCUT2D eigenvalue weighted by Crippen LogP contribution is -2.43. The highest BCUT2D eigenvalue weighted by Crippen LogP contribution is 2.35. The molecule has 0 aliphatic carbocycles. The van der Waals surface area contributed by atoms with Crippen LogP contribution < -0.4 is 5.32 Å². The zero-order valence-electron chi connectivity index (χ0n) is 12.0. The summed E-state index contributed by atoms with van der Waals surface area (Å²) in [6.45, 7) is 9.48. The third-order valence-corrected chi connectivity index (χ3v) is 6.79. The number of hydrogen-bond acceptors (Lipinski definition) is 3. The number of rotatable bonds is 6. The van der Waals surface area contributed by atoms with Crippen LogP contribution in [0.15, 0.2) is 0 Å². The average molecular weight is 276 g/mol. The zero-order chi connectivity index (χ0) is 12.8. The van der Waals surface area contributed by atoms with E-state index in [1.54, 1.807) is 0 Å². The summed E-state index contributed by atoms with van der Waals surface area (Å²) in [5.41, 5.74) is 0. The maximum Gasteiger partial charge on any atom is 0.0317 e. The molecule has 1 heterocycles. The van der Waals surface area contributed by atoms with Crippen molar-refractivity contribution < 1.29 is 0 Å². The molecule has 17 heavy (non-hydrogen) atoms. The van der Waals surface area contributed by atoms with Crippen molar-refractivity contribution in [1.82, 2.24) is 5.32 Å². The average Bonchev–Trinajstić information content (AvgIpc) is 2.26. The molecule has 4 atom stereocenters. The van der Waals surface area contributed by atoms with E-state index in [1.165, 1.54) is 24.3 Å². The molecule has 102 valence electrons. The minimum Gasteiger partial charge on any atom is -0.316 e. The van der Waals surface area contributed by atoms with Crippen LogP contribution >= 0.6 is 23.5 Å². The SMILES string of the molecule is CNC(CC(C)CC(C)C)C1SCCSC1C. The zero-order valence-corrected chi connectivity index (χ0v) is 13.7. The summed E-state index contributed by atoms with van der Waals surface area (Å²) < 4.78 is 0. The molecule has 0 radical (unpaired) electrons. The molecule has 0 amide bonds. The van der Waals surface area contributed by atoms with Crippen LogP contribution in [-0.4, -0.2) is 35.1 Å². The minimum absolute atomic E-state index is 0.691. The number of nitrogens with one attached hydrogen (secondary N) is 1. The second-order valence-electron chi connectivity index (χ2n) is 5.78. The Labute approximate surface area is 116 Å². The van der Waals surface area contributed by atoms with E-state index in [0.717, 1.165) is 22.3 Å². The third kappa shape index (κ3) is 5.44. The van der Waals surface area contributed by atoms with Crippen molar-refractivity contribution in [2.24, 2.45) is 11.8 Å². The van der Waals surface area contributed by atoms with Crippen molar-refractivity contribution in [2.75, 3.05) is 18.6 Å². The van der Waals surface area contributed by atoms with Gasteiger partial charge >= 0.3 is 0 Å². The maximum absolute atomic E-state index is 3.57. The Morgan fingerprint density at radius 1 is 1.12 bits per heavy atom. The van der Waals surface area contributed by atoms with Crippen molar-refractivity contribution in [2.45, 2.75) is 57.1 Å². The van der Waals surface area contributed by atoms with Crippen LogP contribution in [0.4, 0.5) is 0 Å². The molecule has 1 N–H and O–H groups in total. The van der Waals surface area contributed by atoms with Crippen LogP contribution in [0.25, 0.3) is 0 Å². The van der Waals surface area contributed by atoms with E-state index in [4.69, 9.17) is 0 Å². The van der Waals surface area contributed by atoms with Gasteiger partial charge in [-0.3, -0.25) is 0 Å². The summed E-state index contributed by atoms with van der Waals surface area (Å²) in [5.74, 6) is 4.33. The molecular formula is C14H29NS2. The third-order valence-electron chi connectivity index (χ3n) is 3.53. The highest BCUT2D eigenvalue weighted by molar-refractivity contribution is 8.07. The van der Waals surface area contributed by atoms with Gasteiger partial charge in [0.05, 0.1) is 0 Å². The van der Waals surface area contributed by atoms with Crippen LogP contribution in [0.1, 0.15) is 40.5 Å². The molecule has 1 fully saturated rings. The summed E-state index contributed by atoms with van der Waals surface area (Å²) in [7, 11) is 2.14. The van der Waals surface area contributed by atoms with E-state index >= 15 is 0 Å². The number of thioether (sulfide) groups is 2. The summed E-state index contributed by atoms with van der Waals surface area (Å²) >= 11 is 4.33. The monoisotopic (exact) mass is 275 g/mol. The summed E-state index contributed by atoms with van der Waals surface area (Å²) in [6, 6.07) is 0.691. The van der Waals surface area contributed by atoms with E-state index < -0.39 is 0 Å². The molecule has 0 aromatic rings. The van der Waals surface area contributed by atoms with Crippen LogP contribution in [-0.2, 0) is 0 Å². The Hall–Kier alpha value is 0.660. The van der Waals surface area contributed by atoms with Gasteiger partial charge in [-0.2, -0.15) is 23.5 Å². The Morgan fingerprint density at radius 2 is 1.76 bits per heavy atom. The first kappa shape index (κ1) is 15.7. The van der Waals surface area contributed by atoms with Gasteiger partial charge in [0, 0.05) is 28.0 Å². The van der Waals surface area contributed by atoms with Gasteiger partial charge < -0.3 is 5.32 Å². The van der Waals surface area contributed by atoms with Gasteiger partial charge in [0.25, 0.3) is 0 Å². The molecular weight excluding hydrogens is 246 g/mol. The fourth-order valence-corrected chi connectivity index (χ4v) is 5.86. The topological polar surface area (TPSA) is 12.0 Å². The van der Waals surface area contributed by atoms with Crippen molar-refractivity contribution in [3.8, 4) is 0 Å². The van der Waals surface area contributed by atoms with Crippen LogP contribution in [0, 0.1) is 11.8 Å². The molecule has 4 unspecified atom stereocenters. The molecule has 0 bridgehead atoms. The number of hydrogen-bond donors (Lipinski definition) is 1. The van der Waals surface area contributed by atoms with E-state index in [0.29, 0.717) is 6.04 Å². The second-order valence-corrected chi connectivity index (χ2v) is 8.55. The van der Waals surface area contributed by atoms with Crippen molar-refractivity contribution in [3.63, 3.8) is 0 Å². The second kappa shape index (κ2) is 7.96. The summed E-state index contributed by atoms with van der Waals surface area (Å²) in [4.78, 5) is 0. The molecule has 1 aliphatic heterocycles. The molecule has 1 saturated heterocycles. The first-order chi connectivity index (χ1) is 8.04. The van der Waals surface area contributed by atoms with Crippen LogP contribution in [0.3, 0.4) is 0 Å². The van der Waals surface area contributed by atoms with E-state index in [2.05, 4.69) is 63.6 Å². The van der Waals surface area contributed by atoms with Gasteiger partial charge in [0.2, 0.25) is 0 Å². The lowest BCUT2D eigenvalue weighted by Gasteiger charge is -2.35. The Bertz CT molecular complexity index is 208. The predicted molar refractivity (Wildman–Crippen MR) is 84.2 cm³/mol. The standard InChI is InChI=1S/C14H29NS2/c1-10(2)8-11(3)9-13(15-5)14-12(4)16-6-7-17-14/h10-15H,6-9H2,1-5H3. The Morgan fingerprint density at radius 3 is 2.29 bits per heavy atom. The molecule has 1 nitrogen and oxygen atoms in total. The molecule has 0 aromatic heterocycles. The smallest absolute Gasteiger partial charge is 0.0317 e. The molecule has 1 aliphatic rings. The molecule has 0 spiro atoms. The van der Waals surface area contributed by atoms with Crippen molar-refractivity contribution >= 4 is 23.5 Å². The van der Waals surface area contributed by atoms with E-state index in [9.17, 15) is 0 Å². The van der Waals surface area contributed by atoms with Gasteiger partial charge in [0.15, 0.2) is 0 Å². The Balaban J connectivity index is 2.46. The van der Waals surface area contributed by atoms with Gasteiger partial charge in [-0.15, -0.1) is 0 Å². The Kier molecular flexibility index (Phi) is 7.36. The lowest BCUT2D eigenvalue weighted by molar-refractivity contribution is 0.356. The molecule has 3 heteroatoms. The highest BCUT2D eigenvalue weighted by atomic mass is 32.2. The van der Waals surface area contributed by atoms with Crippen molar-refractivity contribution in [1.29, 1.82) is 0 Å². The molecule has 0 saturated carbocycles. The summed E-state index contributed by atoms with van der Waals surface area (Å²) in [5, 5.41) is 5.17. The van der Waals surface area contributed by atoms with Gasteiger partial charge in [-0.25, -0.2) is 0 Å².